The van der Waals surface area contributed by atoms with Gasteiger partial charge in [0.2, 0.25) is 5.88 Å². The van der Waals surface area contributed by atoms with Gasteiger partial charge < -0.3 is 14.0 Å². The Balaban J connectivity index is 1.73. The van der Waals surface area contributed by atoms with Crippen LogP contribution in [-0.4, -0.2) is 45.6 Å². The first-order valence-electron chi connectivity index (χ1n) is 10.5. The third-order valence-corrected chi connectivity index (χ3v) is 7.92. The van der Waals surface area contributed by atoms with Gasteiger partial charge in [0.05, 0.1) is 23.8 Å². The number of thiazole rings is 1. The third-order valence-electron chi connectivity index (χ3n) is 5.33. The van der Waals surface area contributed by atoms with Crippen LogP contribution in [0.5, 0.6) is 0 Å². The number of nitrogens with zero attached hydrogens (tertiary/aromatic N) is 3. The number of ether oxygens (including phenoxy) is 2. The summed E-state index contributed by atoms with van der Waals surface area (Å²) < 4.78 is 45.0. The van der Waals surface area contributed by atoms with Gasteiger partial charge in [-0.05, 0) is 25.5 Å². The fraction of sp³-hybridized carbons (Fsp3) is 0.250. The van der Waals surface area contributed by atoms with Crippen molar-refractivity contribution >= 4 is 27.2 Å². The van der Waals surface area contributed by atoms with Crippen LogP contribution in [0, 0.1) is 13.8 Å². The van der Waals surface area contributed by atoms with Crippen LogP contribution in [0.3, 0.4) is 0 Å². The van der Waals surface area contributed by atoms with E-state index in [0.29, 0.717) is 23.4 Å². The molecule has 2 heterocycles. The number of hydrogen-bond acceptors (Lipinski definition) is 8. The number of benzene rings is 2. The summed E-state index contributed by atoms with van der Waals surface area (Å²) in [5.41, 5.74) is 3.55. The lowest BCUT2D eigenvalue weighted by molar-refractivity contribution is 0.0744. The molecule has 0 amide bonds. The number of aryl methyl sites for hydroxylation is 1. The van der Waals surface area contributed by atoms with Crippen LogP contribution in [0.4, 0.5) is 5.88 Å². The predicted octanol–water partition coefficient (Wildman–Crippen LogP) is 4.90. The van der Waals surface area contributed by atoms with Crippen LogP contribution in [0.25, 0.3) is 21.7 Å². The molecule has 0 aliphatic rings. The van der Waals surface area contributed by atoms with E-state index in [1.807, 2.05) is 35.7 Å². The monoisotopic (exact) mass is 499 g/mol. The normalized spacial score (nSPS) is 11.6. The van der Waals surface area contributed by atoms with Crippen molar-refractivity contribution in [3.63, 3.8) is 0 Å². The molecule has 0 aliphatic heterocycles. The molecule has 4 aromatic rings. The second-order valence-electron chi connectivity index (χ2n) is 7.49. The van der Waals surface area contributed by atoms with Gasteiger partial charge in [-0.25, -0.2) is 17.7 Å². The topological polar surface area (TPSA) is 94.8 Å². The molecule has 2 aromatic carbocycles. The zero-order valence-corrected chi connectivity index (χ0v) is 20.7. The fourth-order valence-electron chi connectivity index (χ4n) is 3.37. The summed E-state index contributed by atoms with van der Waals surface area (Å²) in [6.45, 7) is 3.86. The summed E-state index contributed by atoms with van der Waals surface area (Å²) in [5, 5.41) is 6.76. The van der Waals surface area contributed by atoms with Gasteiger partial charge in [0, 0.05) is 35.4 Å². The van der Waals surface area contributed by atoms with Gasteiger partial charge in [-0.2, -0.15) is 0 Å². The molecule has 178 valence electrons. The maximum atomic E-state index is 13.9. The van der Waals surface area contributed by atoms with Gasteiger partial charge in [0.1, 0.15) is 11.7 Å². The van der Waals surface area contributed by atoms with Crippen molar-refractivity contribution in [1.29, 1.82) is 0 Å². The van der Waals surface area contributed by atoms with E-state index in [9.17, 15) is 8.42 Å². The van der Waals surface area contributed by atoms with E-state index in [1.165, 1.54) is 0 Å². The summed E-state index contributed by atoms with van der Waals surface area (Å²) in [5.74, 6) is 0.129. The highest BCUT2D eigenvalue weighted by Crippen LogP contribution is 2.34. The average molecular weight is 500 g/mol. The number of methoxy groups -OCH3 is 1. The Labute approximate surface area is 202 Å². The van der Waals surface area contributed by atoms with Crippen LogP contribution in [0.15, 0.2) is 69.5 Å². The Hall–Kier alpha value is -3.05. The van der Waals surface area contributed by atoms with Crippen molar-refractivity contribution in [3.8, 4) is 21.7 Å². The molecule has 34 heavy (non-hydrogen) atoms. The quantitative estimate of drug-likeness (QED) is 0.226. The van der Waals surface area contributed by atoms with Crippen LogP contribution >= 0.6 is 11.3 Å². The summed E-state index contributed by atoms with van der Waals surface area (Å²) in [6, 6.07) is 14.5. The van der Waals surface area contributed by atoms with E-state index in [0.717, 1.165) is 20.4 Å². The van der Waals surface area contributed by atoms with Gasteiger partial charge in [-0.1, -0.05) is 47.6 Å². The van der Waals surface area contributed by atoms with Crippen LogP contribution in [0.2, 0.25) is 0 Å². The average Bonchev–Trinajstić information content (AvgIpc) is 3.50. The maximum absolute atomic E-state index is 13.9. The Morgan fingerprint density at radius 1 is 1.03 bits per heavy atom. The van der Waals surface area contributed by atoms with Crippen LogP contribution in [0.1, 0.15) is 11.3 Å². The second-order valence-corrected chi connectivity index (χ2v) is 10.2. The molecular formula is C24H25N3O5S2. The fourth-order valence-corrected chi connectivity index (χ4v) is 5.57. The molecule has 0 saturated carbocycles. The lowest BCUT2D eigenvalue weighted by Crippen LogP contribution is -2.34. The number of sulfonamides is 1. The summed E-state index contributed by atoms with van der Waals surface area (Å²) in [7, 11) is -2.51. The van der Waals surface area contributed by atoms with Gasteiger partial charge in [0.15, 0.2) is 0 Å². The minimum Gasteiger partial charge on any atom is -0.382 e. The van der Waals surface area contributed by atoms with Crippen molar-refractivity contribution in [1.82, 2.24) is 10.1 Å². The third kappa shape index (κ3) is 4.90. The summed E-state index contributed by atoms with van der Waals surface area (Å²) in [6.07, 6.45) is 1.76. The van der Waals surface area contributed by atoms with Crippen LogP contribution < -0.4 is 4.31 Å². The SMILES string of the molecule is COCCOCN(c1onc(C)c1C)S(=O)(=O)c1ccccc1-c1ccc(-c2nccs2)cc1. The number of aromatic nitrogens is 2. The largest absolute Gasteiger partial charge is 0.382 e. The Bertz CT molecular complexity index is 1330. The van der Waals surface area contributed by atoms with Crippen molar-refractivity contribution < 1.29 is 22.4 Å². The van der Waals surface area contributed by atoms with E-state index in [4.69, 9.17) is 14.0 Å². The highest BCUT2D eigenvalue weighted by Gasteiger charge is 2.32. The summed E-state index contributed by atoms with van der Waals surface area (Å²) in [4.78, 5) is 4.47. The first-order valence-corrected chi connectivity index (χ1v) is 12.9. The Morgan fingerprint density at radius 3 is 2.41 bits per heavy atom. The molecule has 2 aromatic heterocycles. The van der Waals surface area contributed by atoms with Crippen LogP contribution in [-0.2, 0) is 19.5 Å². The molecule has 0 spiro atoms. The maximum Gasteiger partial charge on any atom is 0.269 e. The van der Waals surface area contributed by atoms with E-state index in [1.54, 1.807) is 56.7 Å². The minimum atomic E-state index is -4.06. The smallest absolute Gasteiger partial charge is 0.269 e. The van der Waals surface area contributed by atoms with Gasteiger partial charge >= 0.3 is 0 Å². The molecular weight excluding hydrogens is 474 g/mol. The number of rotatable bonds is 10. The molecule has 4 rings (SSSR count). The lowest BCUT2D eigenvalue weighted by Gasteiger charge is -2.23. The first kappa shape index (κ1) is 24.1. The lowest BCUT2D eigenvalue weighted by atomic mass is 10.0. The van der Waals surface area contributed by atoms with Crippen molar-refractivity contribution in [2.24, 2.45) is 0 Å². The molecule has 8 nitrogen and oxygen atoms in total. The molecule has 0 unspecified atom stereocenters. The Morgan fingerprint density at radius 2 is 1.76 bits per heavy atom. The molecule has 0 N–H and O–H groups in total. The highest BCUT2D eigenvalue weighted by atomic mass is 32.2. The first-order chi connectivity index (χ1) is 16.4. The molecule has 0 bridgehead atoms. The molecule has 0 saturated heterocycles. The zero-order chi connectivity index (χ0) is 24.1. The molecule has 0 aliphatic carbocycles. The molecule has 0 fully saturated rings. The van der Waals surface area contributed by atoms with Crippen molar-refractivity contribution in [2.45, 2.75) is 18.7 Å². The van der Waals surface area contributed by atoms with E-state index in [2.05, 4.69) is 10.1 Å². The highest BCUT2D eigenvalue weighted by molar-refractivity contribution is 7.93. The standard InChI is InChI=1S/C24H25N3O5S2/c1-17-18(2)26-32-24(17)27(16-31-14-13-30-3)34(28,29)22-7-5-4-6-21(22)19-8-10-20(11-9-19)23-25-12-15-33-23/h4-12,15H,13-14,16H2,1-3H3. The Kier molecular flexibility index (Phi) is 7.42. The van der Waals surface area contributed by atoms with Gasteiger partial charge in [-0.15, -0.1) is 11.3 Å². The van der Waals surface area contributed by atoms with Crippen molar-refractivity contribution in [2.75, 3.05) is 31.4 Å². The summed E-state index contributed by atoms with van der Waals surface area (Å²) >= 11 is 1.55. The van der Waals surface area contributed by atoms with Crippen molar-refractivity contribution in [3.05, 3.63) is 71.4 Å². The predicted molar refractivity (Wildman–Crippen MR) is 131 cm³/mol. The van der Waals surface area contributed by atoms with Gasteiger partial charge in [0.25, 0.3) is 10.0 Å². The molecule has 0 atom stereocenters. The van der Waals surface area contributed by atoms with E-state index in [-0.39, 0.29) is 24.1 Å². The van der Waals surface area contributed by atoms with E-state index < -0.39 is 10.0 Å². The molecule has 10 heteroatoms. The van der Waals surface area contributed by atoms with Gasteiger partial charge in [-0.3, -0.25) is 0 Å². The number of anilines is 1. The van der Waals surface area contributed by atoms with E-state index >= 15 is 0 Å². The molecule has 0 radical (unpaired) electrons. The number of hydrogen-bond donors (Lipinski definition) is 0. The second kappa shape index (κ2) is 10.5. The zero-order valence-electron chi connectivity index (χ0n) is 19.1. The minimum absolute atomic E-state index is 0.129.